The summed E-state index contributed by atoms with van der Waals surface area (Å²) >= 11 is 0. The van der Waals surface area contributed by atoms with E-state index in [1.165, 1.54) is 6.92 Å². The minimum atomic E-state index is -0.133. The van der Waals surface area contributed by atoms with E-state index < -0.39 is 0 Å². The number of carbonyl (C=O) groups is 2. The number of nitrogens with two attached hydrogens (primary N) is 1. The molecule has 2 amide bonds. The lowest BCUT2D eigenvalue weighted by molar-refractivity contribution is -0.678. The largest absolute Gasteiger partial charge is 0.463 e. The number of anilines is 2. The molecule has 0 aliphatic rings. The van der Waals surface area contributed by atoms with Gasteiger partial charge in [0.05, 0.1) is 6.26 Å². The van der Waals surface area contributed by atoms with Crippen molar-refractivity contribution >= 4 is 23.2 Å². The van der Waals surface area contributed by atoms with E-state index in [1.807, 2.05) is 47.8 Å². The van der Waals surface area contributed by atoms with Crippen LogP contribution in [0.2, 0.25) is 0 Å². The van der Waals surface area contributed by atoms with Crippen LogP contribution < -0.4 is 16.0 Å². The lowest BCUT2D eigenvalue weighted by Crippen LogP contribution is -2.87. The first-order valence-corrected chi connectivity index (χ1v) is 8.71. The summed E-state index contributed by atoms with van der Waals surface area (Å²) in [7, 11) is 0. The molecule has 138 valence electrons. The number of hydrogen-bond donors (Lipinski definition) is 3. The second kappa shape index (κ2) is 8.82. The fourth-order valence-corrected chi connectivity index (χ4v) is 2.82. The smallest absolute Gasteiger partial charge is 0.279 e. The van der Waals surface area contributed by atoms with Crippen molar-refractivity contribution in [1.82, 2.24) is 0 Å². The van der Waals surface area contributed by atoms with Crippen LogP contribution in [0.25, 0.3) is 0 Å². The minimum absolute atomic E-state index is 0.0888. The molecule has 0 saturated carbocycles. The number of quaternary nitrogens is 1. The van der Waals surface area contributed by atoms with Gasteiger partial charge < -0.3 is 20.4 Å². The number of benzene rings is 2. The topological polar surface area (TPSA) is 88.0 Å². The van der Waals surface area contributed by atoms with E-state index in [4.69, 9.17) is 4.42 Å². The monoisotopic (exact) mass is 364 g/mol. The Hall–Kier alpha value is -3.38. The molecule has 0 spiro atoms. The first-order chi connectivity index (χ1) is 13.1. The van der Waals surface area contributed by atoms with Gasteiger partial charge in [0.15, 0.2) is 18.3 Å². The first kappa shape index (κ1) is 18.4. The van der Waals surface area contributed by atoms with Crippen molar-refractivity contribution in [2.75, 3.05) is 17.2 Å². The molecule has 3 aromatic rings. The third-order valence-electron chi connectivity index (χ3n) is 4.04. The molecule has 0 bridgehead atoms. The lowest BCUT2D eigenvalue weighted by atomic mass is 10.0. The van der Waals surface area contributed by atoms with Gasteiger partial charge in [0.25, 0.3) is 5.91 Å². The normalized spacial score (nSPS) is 11.6. The van der Waals surface area contributed by atoms with Crippen molar-refractivity contribution in [1.29, 1.82) is 0 Å². The highest BCUT2D eigenvalue weighted by Gasteiger charge is 2.21. The predicted octanol–water partition coefficient (Wildman–Crippen LogP) is 2.53. The van der Waals surface area contributed by atoms with E-state index >= 15 is 0 Å². The van der Waals surface area contributed by atoms with Gasteiger partial charge in [0.2, 0.25) is 5.91 Å². The molecule has 0 radical (unpaired) electrons. The van der Waals surface area contributed by atoms with Crippen molar-refractivity contribution in [3.05, 3.63) is 84.3 Å². The van der Waals surface area contributed by atoms with Gasteiger partial charge in [-0.05, 0) is 36.4 Å². The van der Waals surface area contributed by atoms with Crippen molar-refractivity contribution < 1.29 is 19.3 Å². The summed E-state index contributed by atoms with van der Waals surface area (Å²) in [4.78, 5) is 23.4. The Labute approximate surface area is 157 Å². The molecule has 27 heavy (non-hydrogen) atoms. The van der Waals surface area contributed by atoms with E-state index in [0.717, 1.165) is 11.3 Å². The Morgan fingerprint density at radius 3 is 2.19 bits per heavy atom. The fraction of sp³-hybridized carbons (Fsp3) is 0.143. The minimum Gasteiger partial charge on any atom is -0.463 e. The molecule has 3 rings (SSSR count). The second-order valence-electron chi connectivity index (χ2n) is 6.15. The first-order valence-electron chi connectivity index (χ1n) is 8.71. The molecule has 1 aromatic heterocycles. The summed E-state index contributed by atoms with van der Waals surface area (Å²) < 4.78 is 5.55. The number of carbonyl (C=O) groups excluding carboxylic acids is 2. The van der Waals surface area contributed by atoms with E-state index in [-0.39, 0.29) is 24.4 Å². The van der Waals surface area contributed by atoms with Crippen LogP contribution in [-0.4, -0.2) is 18.4 Å². The maximum Gasteiger partial charge on any atom is 0.279 e. The summed E-state index contributed by atoms with van der Waals surface area (Å²) in [5, 5.41) is 7.49. The lowest BCUT2D eigenvalue weighted by Gasteiger charge is -2.14. The average Bonchev–Trinajstić information content (AvgIpc) is 3.18. The third kappa shape index (κ3) is 5.29. The zero-order valence-corrected chi connectivity index (χ0v) is 15.0. The zero-order chi connectivity index (χ0) is 19.1. The molecule has 0 saturated heterocycles. The Bertz CT molecular complexity index is 875. The van der Waals surface area contributed by atoms with Crippen molar-refractivity contribution in [2.24, 2.45) is 0 Å². The molecule has 0 aliphatic carbocycles. The highest BCUT2D eigenvalue weighted by Crippen LogP contribution is 2.18. The van der Waals surface area contributed by atoms with Crippen molar-refractivity contribution in [3.8, 4) is 0 Å². The maximum absolute atomic E-state index is 12.3. The van der Waals surface area contributed by atoms with Crippen molar-refractivity contribution in [2.45, 2.75) is 13.0 Å². The standard InChI is InChI=1S/C21H21N3O3/c1-15(25)23-17-9-11-18(12-10-17)24-20(26)14-22-21(19-8-5-13-27-19)16-6-3-2-4-7-16/h2-13,21-22H,14H2,1H3,(H,23,25)(H,24,26)/p+1/t21-/m0/s1. The van der Waals surface area contributed by atoms with E-state index in [1.54, 1.807) is 30.5 Å². The fourth-order valence-electron chi connectivity index (χ4n) is 2.82. The highest BCUT2D eigenvalue weighted by molar-refractivity contribution is 5.92. The van der Waals surface area contributed by atoms with Gasteiger partial charge in [-0.15, -0.1) is 0 Å². The summed E-state index contributed by atoms with van der Waals surface area (Å²) in [6.07, 6.45) is 1.63. The summed E-state index contributed by atoms with van der Waals surface area (Å²) in [6.45, 7) is 1.70. The second-order valence-corrected chi connectivity index (χ2v) is 6.15. The molecule has 2 aromatic carbocycles. The SMILES string of the molecule is CC(=O)Nc1ccc(NC(=O)C[NH2+][C@@H](c2ccccc2)c2ccco2)cc1. The highest BCUT2D eigenvalue weighted by atomic mass is 16.3. The average molecular weight is 364 g/mol. The van der Waals surface area contributed by atoms with Gasteiger partial charge in [0, 0.05) is 23.9 Å². The Kier molecular flexibility index (Phi) is 6.02. The number of hydrogen-bond acceptors (Lipinski definition) is 3. The summed E-state index contributed by atoms with van der Waals surface area (Å²) in [6, 6.07) is 20.6. The number of nitrogens with one attached hydrogen (secondary N) is 2. The van der Waals surface area contributed by atoms with Crippen molar-refractivity contribution in [3.63, 3.8) is 0 Å². The van der Waals surface area contributed by atoms with Gasteiger partial charge in [-0.25, -0.2) is 0 Å². The number of rotatable bonds is 7. The van der Waals surface area contributed by atoms with Crippen LogP contribution in [0, 0.1) is 0 Å². The molecule has 0 fully saturated rings. The molecule has 1 atom stereocenters. The van der Waals surface area contributed by atoms with Crippen LogP contribution in [0.5, 0.6) is 0 Å². The van der Waals surface area contributed by atoms with Gasteiger partial charge in [-0.3, -0.25) is 9.59 Å². The molecule has 0 aliphatic heterocycles. The Morgan fingerprint density at radius 1 is 0.926 bits per heavy atom. The van der Waals surface area contributed by atoms with E-state index in [0.29, 0.717) is 11.4 Å². The molecular formula is C21H22N3O3+. The summed E-state index contributed by atoms with van der Waals surface area (Å²) in [5.74, 6) is 0.551. The quantitative estimate of drug-likeness (QED) is 0.602. The van der Waals surface area contributed by atoms with Crippen LogP contribution in [0.3, 0.4) is 0 Å². The van der Waals surface area contributed by atoms with Gasteiger partial charge in [0.1, 0.15) is 0 Å². The van der Waals surface area contributed by atoms with E-state index in [2.05, 4.69) is 10.6 Å². The van der Waals surface area contributed by atoms with Crippen LogP contribution in [0.1, 0.15) is 24.3 Å². The van der Waals surface area contributed by atoms with E-state index in [9.17, 15) is 9.59 Å². The Morgan fingerprint density at radius 2 is 1.59 bits per heavy atom. The maximum atomic E-state index is 12.3. The van der Waals surface area contributed by atoms with Crippen LogP contribution >= 0.6 is 0 Å². The van der Waals surface area contributed by atoms with Crippen LogP contribution in [0.4, 0.5) is 11.4 Å². The molecule has 1 heterocycles. The predicted molar refractivity (Wildman–Crippen MR) is 103 cm³/mol. The third-order valence-corrected chi connectivity index (χ3v) is 4.04. The summed E-state index contributed by atoms with van der Waals surface area (Å²) in [5.41, 5.74) is 2.44. The van der Waals surface area contributed by atoms with Gasteiger partial charge >= 0.3 is 0 Å². The number of amides is 2. The zero-order valence-electron chi connectivity index (χ0n) is 15.0. The molecule has 6 nitrogen and oxygen atoms in total. The Balaban J connectivity index is 1.60. The number of furan rings is 1. The van der Waals surface area contributed by atoms with Crippen LogP contribution in [-0.2, 0) is 9.59 Å². The molecule has 6 heteroatoms. The molecule has 0 unspecified atom stereocenters. The van der Waals surface area contributed by atoms with Crippen LogP contribution in [0.15, 0.2) is 77.4 Å². The van der Waals surface area contributed by atoms with Gasteiger partial charge in [-0.1, -0.05) is 30.3 Å². The molecule has 4 N–H and O–H groups in total. The molecular weight excluding hydrogens is 342 g/mol. The van der Waals surface area contributed by atoms with Gasteiger partial charge in [-0.2, -0.15) is 0 Å².